The van der Waals surface area contributed by atoms with Gasteiger partial charge in [-0.05, 0) is 50.2 Å². The van der Waals surface area contributed by atoms with Gasteiger partial charge in [0.25, 0.3) is 0 Å². The number of hydrogen-bond donors (Lipinski definition) is 4. The molecule has 2 aromatic carbocycles. The molecule has 1 aliphatic heterocycles. The van der Waals surface area contributed by atoms with Crippen LogP contribution in [0.1, 0.15) is 13.8 Å². The van der Waals surface area contributed by atoms with Crippen molar-refractivity contribution >= 4 is 56.2 Å². The lowest BCUT2D eigenvalue weighted by Gasteiger charge is -2.26. The average molecular weight is 544 g/mol. The maximum atomic E-state index is 12.8. The highest BCUT2D eigenvalue weighted by Gasteiger charge is 2.23. The number of nitrogens with zero attached hydrogens (tertiary/aromatic N) is 3. The fourth-order valence-electron chi connectivity index (χ4n) is 3.75. The summed E-state index contributed by atoms with van der Waals surface area (Å²) >= 11 is 6.31. The average Bonchev–Trinajstić information content (AvgIpc) is 2.88. The molecule has 37 heavy (non-hydrogen) atoms. The molecular weight excluding hydrogens is 514 g/mol. The summed E-state index contributed by atoms with van der Waals surface area (Å²) in [5.74, 6) is 0.480. The van der Waals surface area contributed by atoms with Crippen LogP contribution < -0.4 is 21.3 Å². The van der Waals surface area contributed by atoms with Crippen molar-refractivity contribution < 1.29 is 13.2 Å². The fourth-order valence-corrected chi connectivity index (χ4v) is 5.09. The summed E-state index contributed by atoms with van der Waals surface area (Å²) < 4.78 is 25.6. The van der Waals surface area contributed by atoms with Crippen LogP contribution in [0.5, 0.6) is 0 Å². The van der Waals surface area contributed by atoms with E-state index < -0.39 is 15.1 Å². The third-order valence-corrected chi connectivity index (χ3v) is 8.30. The van der Waals surface area contributed by atoms with Gasteiger partial charge in [-0.15, -0.1) is 0 Å². The molecular formula is C25H30ClN7O3S. The normalized spacial score (nSPS) is 14.4. The lowest BCUT2D eigenvalue weighted by atomic mass is 10.2. The molecule has 4 rings (SSSR count). The molecule has 196 valence electrons. The minimum absolute atomic E-state index is 0.0564. The molecule has 1 saturated heterocycles. The summed E-state index contributed by atoms with van der Waals surface area (Å²) in [6.07, 6.45) is 1.43. The Labute approximate surface area is 221 Å². The largest absolute Gasteiger partial charge is 0.338 e. The van der Waals surface area contributed by atoms with Gasteiger partial charge in [0.05, 0.1) is 28.6 Å². The predicted molar refractivity (Wildman–Crippen MR) is 147 cm³/mol. The van der Waals surface area contributed by atoms with Gasteiger partial charge in [0.2, 0.25) is 11.9 Å². The van der Waals surface area contributed by atoms with E-state index >= 15 is 0 Å². The second-order valence-electron chi connectivity index (χ2n) is 8.88. The van der Waals surface area contributed by atoms with Gasteiger partial charge in [0.1, 0.15) is 5.02 Å². The van der Waals surface area contributed by atoms with Crippen molar-refractivity contribution in [2.45, 2.75) is 24.0 Å². The topological polar surface area (TPSA) is 128 Å². The van der Waals surface area contributed by atoms with E-state index in [9.17, 15) is 13.2 Å². The first kappa shape index (κ1) is 26.8. The lowest BCUT2D eigenvalue weighted by molar-refractivity contribution is -0.117. The van der Waals surface area contributed by atoms with Crippen LogP contribution in [0.2, 0.25) is 5.02 Å². The Kier molecular flexibility index (Phi) is 8.59. The number of anilines is 5. The predicted octanol–water partition coefficient (Wildman–Crippen LogP) is 3.64. The third kappa shape index (κ3) is 6.95. The Morgan fingerprint density at radius 3 is 2.43 bits per heavy atom. The van der Waals surface area contributed by atoms with E-state index in [0.29, 0.717) is 23.6 Å². The number of carbonyl (C=O) groups is 1. The minimum atomic E-state index is -3.52. The number of carbonyl (C=O) groups excluding carboxylic acids is 1. The fraction of sp³-hybridized carbons (Fsp3) is 0.320. The van der Waals surface area contributed by atoms with Crippen LogP contribution in [0.4, 0.5) is 28.8 Å². The first-order chi connectivity index (χ1) is 17.7. The van der Waals surface area contributed by atoms with E-state index in [1.807, 2.05) is 0 Å². The maximum absolute atomic E-state index is 12.8. The molecule has 10 nitrogen and oxygen atoms in total. The SMILES string of the molecule is CC(C)S(=O)(=O)c1ccccc1Nc1nc(Nc2ccc(NC(=O)CN3CCNCC3)cc2)ncc1Cl. The zero-order chi connectivity index (χ0) is 26.4. The van der Waals surface area contributed by atoms with Crippen LogP contribution in [0.15, 0.2) is 59.6 Å². The van der Waals surface area contributed by atoms with Crippen LogP contribution in [-0.2, 0) is 14.6 Å². The number of halogens is 1. The summed E-state index contributed by atoms with van der Waals surface area (Å²) in [4.78, 5) is 23.3. The molecule has 3 aromatic rings. The Bertz CT molecular complexity index is 1340. The van der Waals surface area contributed by atoms with Gasteiger partial charge in [-0.2, -0.15) is 4.98 Å². The zero-order valence-corrected chi connectivity index (χ0v) is 22.2. The van der Waals surface area contributed by atoms with Gasteiger partial charge in [0.15, 0.2) is 15.7 Å². The summed E-state index contributed by atoms with van der Waals surface area (Å²) in [7, 11) is -3.52. The first-order valence-corrected chi connectivity index (χ1v) is 13.9. The number of benzene rings is 2. The Morgan fingerprint density at radius 2 is 1.73 bits per heavy atom. The molecule has 2 heterocycles. The number of para-hydroxylation sites is 1. The molecule has 0 saturated carbocycles. The number of sulfone groups is 1. The van der Waals surface area contributed by atoms with E-state index in [4.69, 9.17) is 11.6 Å². The van der Waals surface area contributed by atoms with Crippen LogP contribution in [0, 0.1) is 0 Å². The van der Waals surface area contributed by atoms with E-state index in [2.05, 4.69) is 36.1 Å². The highest BCUT2D eigenvalue weighted by atomic mass is 35.5. The summed E-state index contributed by atoms with van der Waals surface area (Å²) in [5.41, 5.74) is 1.77. The number of hydrogen-bond acceptors (Lipinski definition) is 9. The molecule has 0 bridgehead atoms. The number of rotatable bonds is 9. The molecule has 0 unspecified atom stereocenters. The van der Waals surface area contributed by atoms with Gasteiger partial charge in [-0.3, -0.25) is 9.69 Å². The smallest absolute Gasteiger partial charge is 0.238 e. The number of aromatic nitrogens is 2. The second kappa shape index (κ2) is 11.9. The van der Waals surface area contributed by atoms with Gasteiger partial charge in [-0.25, -0.2) is 13.4 Å². The molecule has 1 aliphatic rings. The quantitative estimate of drug-likeness (QED) is 0.319. The van der Waals surface area contributed by atoms with Crippen LogP contribution in [0.3, 0.4) is 0 Å². The monoisotopic (exact) mass is 543 g/mol. The van der Waals surface area contributed by atoms with Crippen molar-refractivity contribution in [2.24, 2.45) is 0 Å². The summed E-state index contributed by atoms with van der Waals surface area (Å²) in [5, 5.41) is 12.0. The Morgan fingerprint density at radius 1 is 1.05 bits per heavy atom. The van der Waals surface area contributed by atoms with Crippen LogP contribution in [-0.4, -0.2) is 67.2 Å². The van der Waals surface area contributed by atoms with Gasteiger partial charge in [0, 0.05) is 37.6 Å². The minimum Gasteiger partial charge on any atom is -0.338 e. The van der Waals surface area contributed by atoms with E-state index in [0.717, 1.165) is 26.2 Å². The molecule has 0 atom stereocenters. The van der Waals surface area contributed by atoms with E-state index in [1.54, 1.807) is 62.4 Å². The Balaban J connectivity index is 1.43. The lowest BCUT2D eigenvalue weighted by Crippen LogP contribution is -2.46. The molecule has 1 amide bonds. The molecule has 1 fully saturated rings. The van der Waals surface area contributed by atoms with Gasteiger partial charge in [-0.1, -0.05) is 23.7 Å². The van der Waals surface area contributed by atoms with E-state index in [-0.39, 0.29) is 27.6 Å². The van der Waals surface area contributed by atoms with Crippen molar-refractivity contribution in [1.29, 1.82) is 0 Å². The van der Waals surface area contributed by atoms with Crippen LogP contribution in [0.25, 0.3) is 0 Å². The molecule has 0 spiro atoms. The van der Waals surface area contributed by atoms with Crippen molar-refractivity contribution in [3.63, 3.8) is 0 Å². The van der Waals surface area contributed by atoms with Gasteiger partial charge >= 0.3 is 0 Å². The molecule has 0 aliphatic carbocycles. The van der Waals surface area contributed by atoms with Crippen LogP contribution >= 0.6 is 11.6 Å². The number of piperazine rings is 1. The highest BCUT2D eigenvalue weighted by Crippen LogP contribution is 2.30. The summed E-state index contributed by atoms with van der Waals surface area (Å²) in [6, 6.07) is 13.8. The standard InChI is InChI=1S/C25H30ClN7O3S/c1-17(2)37(35,36)22-6-4-3-5-21(22)31-24-20(26)15-28-25(32-24)30-19-9-7-18(8-10-19)29-23(34)16-33-13-11-27-12-14-33/h3-10,15,17,27H,11-14,16H2,1-2H3,(H,29,34)(H2,28,30,31,32). The molecule has 0 radical (unpaired) electrons. The summed E-state index contributed by atoms with van der Waals surface area (Å²) in [6.45, 7) is 7.12. The highest BCUT2D eigenvalue weighted by molar-refractivity contribution is 7.92. The molecule has 4 N–H and O–H groups in total. The maximum Gasteiger partial charge on any atom is 0.238 e. The first-order valence-electron chi connectivity index (χ1n) is 11.9. The third-order valence-electron chi connectivity index (χ3n) is 5.81. The number of nitrogens with one attached hydrogen (secondary N) is 4. The van der Waals surface area contributed by atoms with Crippen molar-refractivity contribution in [1.82, 2.24) is 20.2 Å². The van der Waals surface area contributed by atoms with Crippen molar-refractivity contribution in [3.8, 4) is 0 Å². The Hall–Kier alpha value is -3.25. The van der Waals surface area contributed by atoms with E-state index in [1.165, 1.54) is 6.20 Å². The van der Waals surface area contributed by atoms with Crippen molar-refractivity contribution in [3.05, 3.63) is 59.8 Å². The van der Waals surface area contributed by atoms with Crippen molar-refractivity contribution in [2.75, 3.05) is 48.7 Å². The van der Waals surface area contributed by atoms with Gasteiger partial charge < -0.3 is 21.3 Å². The molecule has 1 aromatic heterocycles. The zero-order valence-electron chi connectivity index (χ0n) is 20.7. The second-order valence-corrected chi connectivity index (χ2v) is 11.8. The number of amides is 1. The molecule has 12 heteroatoms.